The third-order valence-corrected chi connectivity index (χ3v) is 3.26. The molecule has 2 aromatic carbocycles. The summed E-state index contributed by atoms with van der Waals surface area (Å²) in [6.45, 7) is 0.00560. The number of nitrogens with two attached hydrogens (primary N) is 1. The predicted octanol–water partition coefficient (Wildman–Crippen LogP) is 3.81. The van der Waals surface area contributed by atoms with Crippen molar-refractivity contribution in [2.24, 2.45) is 10.9 Å². The second-order valence-electron chi connectivity index (χ2n) is 4.15. The molecule has 110 valence electrons. The summed E-state index contributed by atoms with van der Waals surface area (Å²) in [6, 6.07) is 8.95. The first-order valence-electron chi connectivity index (χ1n) is 5.85. The van der Waals surface area contributed by atoms with E-state index in [1.165, 1.54) is 18.2 Å². The van der Waals surface area contributed by atoms with Gasteiger partial charge in [-0.3, -0.25) is 0 Å². The molecule has 0 saturated heterocycles. The van der Waals surface area contributed by atoms with E-state index >= 15 is 0 Å². The van der Waals surface area contributed by atoms with Crippen LogP contribution in [0.3, 0.4) is 0 Å². The molecule has 0 aromatic heterocycles. The SMILES string of the molecule is N/C(=N/O)c1ccc(OCc2ccc(Cl)cc2F)c(Cl)c1. The highest BCUT2D eigenvalue weighted by molar-refractivity contribution is 6.32. The molecule has 0 amide bonds. The van der Waals surface area contributed by atoms with Crippen molar-refractivity contribution < 1.29 is 14.3 Å². The van der Waals surface area contributed by atoms with Crippen LogP contribution < -0.4 is 10.5 Å². The van der Waals surface area contributed by atoms with Crippen molar-refractivity contribution in [1.29, 1.82) is 0 Å². The molecule has 0 fully saturated rings. The number of hydrogen-bond donors (Lipinski definition) is 2. The largest absolute Gasteiger partial charge is 0.487 e. The highest BCUT2D eigenvalue weighted by Gasteiger charge is 2.08. The molecule has 0 heterocycles. The lowest BCUT2D eigenvalue weighted by atomic mass is 10.2. The summed E-state index contributed by atoms with van der Waals surface area (Å²) in [7, 11) is 0. The van der Waals surface area contributed by atoms with Gasteiger partial charge >= 0.3 is 0 Å². The van der Waals surface area contributed by atoms with E-state index in [0.29, 0.717) is 21.9 Å². The molecule has 0 unspecified atom stereocenters. The van der Waals surface area contributed by atoms with Crippen LogP contribution in [0.25, 0.3) is 0 Å². The average molecular weight is 329 g/mol. The van der Waals surface area contributed by atoms with Crippen LogP contribution in [0.2, 0.25) is 10.0 Å². The molecule has 21 heavy (non-hydrogen) atoms. The minimum absolute atomic E-state index is 0.00560. The molecule has 2 aromatic rings. The Morgan fingerprint density at radius 3 is 2.62 bits per heavy atom. The van der Waals surface area contributed by atoms with E-state index in [0.717, 1.165) is 0 Å². The highest BCUT2D eigenvalue weighted by Crippen LogP contribution is 2.27. The van der Waals surface area contributed by atoms with E-state index in [1.807, 2.05) is 0 Å². The molecular weight excluding hydrogens is 318 g/mol. The van der Waals surface area contributed by atoms with E-state index in [4.69, 9.17) is 38.9 Å². The molecule has 0 bridgehead atoms. The maximum atomic E-state index is 13.6. The Morgan fingerprint density at radius 2 is 2.00 bits per heavy atom. The first-order chi connectivity index (χ1) is 10.0. The quantitative estimate of drug-likeness (QED) is 0.388. The van der Waals surface area contributed by atoms with Gasteiger partial charge in [0.25, 0.3) is 0 Å². The summed E-state index contributed by atoms with van der Waals surface area (Å²) in [5.74, 6) is -0.153. The predicted molar refractivity (Wildman–Crippen MR) is 79.7 cm³/mol. The van der Waals surface area contributed by atoms with Gasteiger partial charge in [0, 0.05) is 16.1 Å². The summed E-state index contributed by atoms with van der Waals surface area (Å²) >= 11 is 11.7. The Balaban J connectivity index is 2.13. The number of rotatable bonds is 4. The van der Waals surface area contributed by atoms with Crippen LogP contribution in [-0.2, 0) is 6.61 Å². The van der Waals surface area contributed by atoms with Gasteiger partial charge in [0.15, 0.2) is 5.84 Å². The van der Waals surface area contributed by atoms with Crippen LogP contribution >= 0.6 is 23.2 Å². The molecule has 0 atom stereocenters. The number of nitrogens with zero attached hydrogens (tertiary/aromatic N) is 1. The van der Waals surface area contributed by atoms with E-state index in [2.05, 4.69) is 5.16 Å². The summed E-state index contributed by atoms with van der Waals surface area (Å²) in [5, 5.41) is 12.1. The van der Waals surface area contributed by atoms with Crippen LogP contribution in [-0.4, -0.2) is 11.0 Å². The zero-order valence-electron chi connectivity index (χ0n) is 10.7. The molecule has 0 radical (unpaired) electrons. The normalized spacial score (nSPS) is 11.5. The summed E-state index contributed by atoms with van der Waals surface area (Å²) in [4.78, 5) is 0. The monoisotopic (exact) mass is 328 g/mol. The van der Waals surface area contributed by atoms with Gasteiger partial charge in [-0.15, -0.1) is 0 Å². The number of benzene rings is 2. The Labute approximate surface area is 130 Å². The van der Waals surface area contributed by atoms with Gasteiger partial charge in [0.2, 0.25) is 0 Å². The average Bonchev–Trinajstić information content (AvgIpc) is 2.46. The third-order valence-electron chi connectivity index (χ3n) is 2.73. The molecule has 4 nitrogen and oxygen atoms in total. The number of hydrogen-bond acceptors (Lipinski definition) is 3. The standard InChI is InChI=1S/C14H11Cl2FN2O2/c15-10-3-1-9(12(17)6-10)7-21-13-4-2-8(5-11(13)16)14(18)19-20/h1-6,20H,7H2,(H2,18,19). The second kappa shape index (κ2) is 6.65. The van der Waals surface area contributed by atoms with Crippen LogP contribution in [0.1, 0.15) is 11.1 Å². The van der Waals surface area contributed by atoms with Gasteiger partial charge in [-0.1, -0.05) is 34.4 Å². The molecule has 0 aliphatic heterocycles. The third kappa shape index (κ3) is 3.77. The summed E-state index contributed by atoms with van der Waals surface area (Å²) in [5.41, 5.74) is 6.26. The Hall–Kier alpha value is -1.98. The maximum absolute atomic E-state index is 13.6. The van der Waals surface area contributed by atoms with Crippen molar-refractivity contribution in [2.45, 2.75) is 6.61 Å². The van der Waals surface area contributed by atoms with Gasteiger partial charge in [0.05, 0.1) is 5.02 Å². The van der Waals surface area contributed by atoms with Crippen LogP contribution in [0.5, 0.6) is 5.75 Å². The minimum Gasteiger partial charge on any atom is -0.487 e. The van der Waals surface area contributed by atoms with Crippen LogP contribution in [0, 0.1) is 5.82 Å². The molecular formula is C14H11Cl2FN2O2. The lowest BCUT2D eigenvalue weighted by Crippen LogP contribution is -2.12. The lowest BCUT2D eigenvalue weighted by molar-refractivity contribution is 0.300. The van der Waals surface area contributed by atoms with E-state index in [-0.39, 0.29) is 17.5 Å². The molecule has 3 N–H and O–H groups in total. The fourth-order valence-electron chi connectivity index (χ4n) is 1.63. The van der Waals surface area contributed by atoms with Crippen molar-refractivity contribution >= 4 is 29.0 Å². The van der Waals surface area contributed by atoms with Gasteiger partial charge in [-0.25, -0.2) is 4.39 Å². The van der Waals surface area contributed by atoms with Gasteiger partial charge in [0.1, 0.15) is 18.2 Å². The Morgan fingerprint density at radius 1 is 1.24 bits per heavy atom. The highest BCUT2D eigenvalue weighted by atomic mass is 35.5. The second-order valence-corrected chi connectivity index (χ2v) is 5.00. The molecule has 0 spiro atoms. The topological polar surface area (TPSA) is 67.8 Å². The van der Waals surface area contributed by atoms with E-state index < -0.39 is 5.82 Å². The van der Waals surface area contributed by atoms with Crippen molar-refractivity contribution in [3.05, 3.63) is 63.4 Å². The molecule has 0 aliphatic carbocycles. The first kappa shape index (κ1) is 15.4. The van der Waals surface area contributed by atoms with Crippen molar-refractivity contribution in [2.75, 3.05) is 0 Å². The molecule has 0 aliphatic rings. The summed E-state index contributed by atoms with van der Waals surface area (Å²) < 4.78 is 19.1. The van der Waals surface area contributed by atoms with E-state index in [1.54, 1.807) is 18.2 Å². The molecule has 0 saturated carbocycles. The van der Waals surface area contributed by atoms with Gasteiger partial charge in [-0.05, 0) is 30.3 Å². The Kier molecular flexibility index (Phi) is 4.88. The van der Waals surface area contributed by atoms with Crippen molar-refractivity contribution in [1.82, 2.24) is 0 Å². The number of ether oxygens (including phenoxy) is 1. The van der Waals surface area contributed by atoms with Crippen molar-refractivity contribution in [3.63, 3.8) is 0 Å². The number of oxime groups is 1. The smallest absolute Gasteiger partial charge is 0.170 e. The Bertz CT molecular complexity index is 693. The fraction of sp³-hybridized carbons (Fsp3) is 0.0714. The van der Waals surface area contributed by atoms with Crippen LogP contribution in [0.15, 0.2) is 41.6 Å². The fourth-order valence-corrected chi connectivity index (χ4v) is 2.02. The van der Waals surface area contributed by atoms with Crippen molar-refractivity contribution in [3.8, 4) is 5.75 Å². The summed E-state index contributed by atoms with van der Waals surface area (Å²) in [6.07, 6.45) is 0. The van der Waals surface area contributed by atoms with E-state index in [9.17, 15) is 4.39 Å². The van der Waals surface area contributed by atoms with Gasteiger partial charge < -0.3 is 15.7 Å². The number of halogens is 3. The molecule has 7 heteroatoms. The number of amidine groups is 1. The molecule has 2 rings (SSSR count). The zero-order valence-corrected chi connectivity index (χ0v) is 12.2. The zero-order chi connectivity index (χ0) is 15.4. The first-order valence-corrected chi connectivity index (χ1v) is 6.61. The lowest BCUT2D eigenvalue weighted by Gasteiger charge is -2.10. The minimum atomic E-state index is -0.452. The van der Waals surface area contributed by atoms with Gasteiger partial charge in [-0.2, -0.15) is 0 Å². The maximum Gasteiger partial charge on any atom is 0.170 e. The van der Waals surface area contributed by atoms with Crippen LogP contribution in [0.4, 0.5) is 4.39 Å².